The highest BCUT2D eigenvalue weighted by Gasteiger charge is 2.68. The predicted octanol–water partition coefficient (Wildman–Crippen LogP) is 6.65. The highest BCUT2D eigenvalue weighted by molar-refractivity contribution is 5.79. The molecule has 0 aromatic heterocycles. The third-order valence-electron chi connectivity index (χ3n) is 8.00. The zero-order valence-corrected chi connectivity index (χ0v) is 21.3. The first-order chi connectivity index (χ1) is 17.5. The van der Waals surface area contributed by atoms with Crippen LogP contribution >= 0.6 is 0 Å². The molecule has 0 bridgehead atoms. The number of carboxylic acids is 1. The molecule has 3 aromatic rings. The molecular formula is C31H34O5. The second-order valence-electron chi connectivity index (χ2n) is 10.0. The Morgan fingerprint density at radius 2 is 1.92 bits per heavy atom. The Labute approximate surface area is 213 Å². The van der Waals surface area contributed by atoms with Crippen molar-refractivity contribution in [2.45, 2.75) is 51.6 Å². The second kappa shape index (κ2) is 9.88. The van der Waals surface area contributed by atoms with Gasteiger partial charge in [0.25, 0.3) is 0 Å². The highest BCUT2D eigenvalue weighted by Crippen LogP contribution is 2.66. The fraction of sp³-hybridized carbons (Fsp3) is 0.387. The van der Waals surface area contributed by atoms with E-state index in [1.54, 1.807) is 7.11 Å². The van der Waals surface area contributed by atoms with E-state index in [-0.39, 0.29) is 17.3 Å². The van der Waals surface area contributed by atoms with Crippen LogP contribution in [0.2, 0.25) is 0 Å². The molecule has 0 radical (unpaired) electrons. The largest absolute Gasteiger partial charge is 0.497 e. The van der Waals surface area contributed by atoms with Gasteiger partial charge in [-0.25, -0.2) is 0 Å². The number of methoxy groups -OCH3 is 1. The van der Waals surface area contributed by atoms with E-state index in [0.29, 0.717) is 13.2 Å². The van der Waals surface area contributed by atoms with Gasteiger partial charge in [0.05, 0.1) is 19.6 Å². The van der Waals surface area contributed by atoms with Gasteiger partial charge in [-0.1, -0.05) is 50.6 Å². The normalized spacial score (nSPS) is 21.8. The number of aliphatic carboxylic acids is 1. The second-order valence-corrected chi connectivity index (χ2v) is 10.0. The van der Waals surface area contributed by atoms with Crippen molar-refractivity contribution in [3.8, 4) is 28.4 Å². The average molecular weight is 487 g/mol. The van der Waals surface area contributed by atoms with Crippen molar-refractivity contribution in [1.82, 2.24) is 0 Å². The van der Waals surface area contributed by atoms with E-state index in [1.807, 2.05) is 24.3 Å². The number of hydrogen-bond donors (Lipinski definition) is 1. The fourth-order valence-electron chi connectivity index (χ4n) is 5.93. The molecule has 5 nitrogen and oxygen atoms in total. The number of hydrogen-bond acceptors (Lipinski definition) is 4. The molecule has 3 aromatic carbocycles. The molecule has 0 amide bonds. The molecular weight excluding hydrogens is 452 g/mol. The van der Waals surface area contributed by atoms with E-state index in [0.717, 1.165) is 65.2 Å². The number of benzene rings is 3. The van der Waals surface area contributed by atoms with Crippen LogP contribution in [0.4, 0.5) is 0 Å². The summed E-state index contributed by atoms with van der Waals surface area (Å²) in [7, 11) is 1.67. The molecule has 0 aliphatic heterocycles. The number of fused-ring (bicyclic) bond motifs is 2. The van der Waals surface area contributed by atoms with Crippen molar-refractivity contribution < 1.29 is 24.1 Å². The van der Waals surface area contributed by atoms with Crippen molar-refractivity contribution in [1.29, 1.82) is 0 Å². The molecule has 1 spiro atoms. The predicted molar refractivity (Wildman–Crippen MR) is 140 cm³/mol. The van der Waals surface area contributed by atoms with Crippen LogP contribution in [0, 0.1) is 11.8 Å². The van der Waals surface area contributed by atoms with Crippen LogP contribution in [-0.2, 0) is 23.2 Å². The van der Waals surface area contributed by atoms with Gasteiger partial charge < -0.3 is 19.3 Å². The number of ether oxygens (including phenoxy) is 3. The van der Waals surface area contributed by atoms with Crippen LogP contribution in [0.1, 0.15) is 49.8 Å². The maximum absolute atomic E-state index is 11.8. The molecule has 1 saturated carbocycles. The summed E-state index contributed by atoms with van der Waals surface area (Å²) >= 11 is 0. The Morgan fingerprint density at radius 1 is 1.06 bits per heavy atom. The minimum atomic E-state index is -0.687. The van der Waals surface area contributed by atoms with Gasteiger partial charge in [0, 0.05) is 11.0 Å². The third-order valence-corrected chi connectivity index (χ3v) is 8.00. The standard InChI is InChI=1S/C31H34O5/c1-4-5-15-35-28-16-21(9-12-26(28)23-7-6-8-24(17-23)34-3)19-36-25-11-10-22-13-14-31(27(22)18-25)20(2)29(31)30(32)33/h6-12,16-18,20,29H,4-5,13-15,19H2,1-3H3,(H,32,33). The summed E-state index contributed by atoms with van der Waals surface area (Å²) in [5.41, 5.74) is 5.29. The molecule has 3 unspecified atom stereocenters. The molecule has 0 heterocycles. The van der Waals surface area contributed by atoms with Gasteiger partial charge in [-0.3, -0.25) is 4.79 Å². The minimum absolute atomic E-state index is 0.165. The van der Waals surface area contributed by atoms with Crippen LogP contribution < -0.4 is 14.2 Å². The van der Waals surface area contributed by atoms with Gasteiger partial charge in [-0.15, -0.1) is 0 Å². The Kier molecular flexibility index (Phi) is 6.65. The van der Waals surface area contributed by atoms with Gasteiger partial charge >= 0.3 is 5.97 Å². The summed E-state index contributed by atoms with van der Waals surface area (Å²) in [6, 6.07) is 20.4. The fourth-order valence-corrected chi connectivity index (χ4v) is 5.93. The smallest absolute Gasteiger partial charge is 0.307 e. The zero-order chi connectivity index (χ0) is 25.3. The molecule has 2 aliphatic carbocycles. The lowest BCUT2D eigenvalue weighted by molar-refractivity contribution is -0.139. The first-order valence-electron chi connectivity index (χ1n) is 12.9. The van der Waals surface area contributed by atoms with Crippen molar-refractivity contribution in [3.05, 3.63) is 77.4 Å². The number of carboxylic acid groups (broad SMARTS) is 1. The van der Waals surface area contributed by atoms with Gasteiger partial charge in [-0.2, -0.15) is 0 Å². The van der Waals surface area contributed by atoms with Gasteiger partial charge in [0.1, 0.15) is 23.9 Å². The lowest BCUT2D eigenvalue weighted by Gasteiger charge is -2.16. The van der Waals surface area contributed by atoms with Gasteiger partial charge in [0.15, 0.2) is 0 Å². The number of aryl methyl sites for hydroxylation is 1. The summed E-state index contributed by atoms with van der Waals surface area (Å²) in [5, 5.41) is 9.68. The molecule has 2 aliphatic rings. The molecule has 1 fully saturated rings. The molecule has 36 heavy (non-hydrogen) atoms. The number of carbonyl (C=O) groups is 1. The molecule has 5 heteroatoms. The number of unbranched alkanes of at least 4 members (excludes halogenated alkanes) is 1. The van der Waals surface area contributed by atoms with E-state index >= 15 is 0 Å². The van der Waals surface area contributed by atoms with E-state index in [2.05, 4.69) is 50.2 Å². The SMILES string of the molecule is CCCCOc1cc(COc2ccc3c(c2)C2(CC3)C(C)C2C(=O)O)ccc1-c1cccc(OC)c1. The summed E-state index contributed by atoms with van der Waals surface area (Å²) in [6.07, 6.45) is 3.91. The van der Waals surface area contributed by atoms with Gasteiger partial charge in [0.2, 0.25) is 0 Å². The average Bonchev–Trinajstić information content (AvgIpc) is 3.33. The Hall–Kier alpha value is -3.47. The Bertz CT molecular complexity index is 1270. The third kappa shape index (κ3) is 4.32. The quantitative estimate of drug-likeness (QED) is 0.325. The summed E-state index contributed by atoms with van der Waals surface area (Å²) < 4.78 is 17.8. The summed E-state index contributed by atoms with van der Waals surface area (Å²) in [5.74, 6) is 1.61. The van der Waals surface area contributed by atoms with Crippen LogP contribution in [0.3, 0.4) is 0 Å². The van der Waals surface area contributed by atoms with E-state index in [9.17, 15) is 9.90 Å². The zero-order valence-electron chi connectivity index (χ0n) is 21.3. The topological polar surface area (TPSA) is 65.0 Å². The number of rotatable bonds is 10. The maximum atomic E-state index is 11.8. The lowest BCUT2D eigenvalue weighted by atomic mass is 9.93. The van der Waals surface area contributed by atoms with Crippen molar-refractivity contribution >= 4 is 5.97 Å². The first-order valence-corrected chi connectivity index (χ1v) is 12.9. The first kappa shape index (κ1) is 24.2. The maximum Gasteiger partial charge on any atom is 0.307 e. The summed E-state index contributed by atoms with van der Waals surface area (Å²) in [4.78, 5) is 11.8. The van der Waals surface area contributed by atoms with Gasteiger partial charge in [-0.05, 0) is 77.8 Å². The lowest BCUT2D eigenvalue weighted by Crippen LogP contribution is -2.12. The van der Waals surface area contributed by atoms with Crippen molar-refractivity contribution in [2.75, 3.05) is 13.7 Å². The van der Waals surface area contributed by atoms with Crippen LogP contribution in [-0.4, -0.2) is 24.8 Å². The Balaban J connectivity index is 1.36. The van der Waals surface area contributed by atoms with Crippen LogP contribution in [0.5, 0.6) is 17.2 Å². The van der Waals surface area contributed by atoms with Crippen LogP contribution in [0.15, 0.2) is 60.7 Å². The molecule has 5 rings (SSSR count). The Morgan fingerprint density at radius 3 is 2.67 bits per heavy atom. The van der Waals surface area contributed by atoms with E-state index in [4.69, 9.17) is 14.2 Å². The molecule has 3 atom stereocenters. The molecule has 0 saturated heterocycles. The van der Waals surface area contributed by atoms with Crippen LogP contribution in [0.25, 0.3) is 11.1 Å². The van der Waals surface area contributed by atoms with E-state index < -0.39 is 5.97 Å². The van der Waals surface area contributed by atoms with Crippen molar-refractivity contribution in [3.63, 3.8) is 0 Å². The molecule has 188 valence electrons. The highest BCUT2D eigenvalue weighted by atomic mass is 16.5. The minimum Gasteiger partial charge on any atom is -0.497 e. The van der Waals surface area contributed by atoms with Crippen molar-refractivity contribution in [2.24, 2.45) is 11.8 Å². The van der Waals surface area contributed by atoms with E-state index in [1.165, 1.54) is 5.56 Å². The monoisotopic (exact) mass is 486 g/mol. The summed E-state index contributed by atoms with van der Waals surface area (Å²) in [6.45, 7) is 5.28. The molecule has 1 N–H and O–H groups in total.